The molecule has 2 heterocycles. The molecule has 0 aliphatic heterocycles. The lowest BCUT2D eigenvalue weighted by Crippen LogP contribution is -2.18. The number of hydrogen-bond donors (Lipinski definition) is 2. The van der Waals surface area contributed by atoms with Gasteiger partial charge in [0, 0.05) is 12.1 Å². The molecule has 1 amide bonds. The number of halogens is 3. The van der Waals surface area contributed by atoms with E-state index in [1.165, 1.54) is 10.7 Å². The molecular formula is C16H18F3N5O. The first-order chi connectivity index (χ1) is 11.7. The molecule has 0 saturated heterocycles. The van der Waals surface area contributed by atoms with Crippen LogP contribution in [0.2, 0.25) is 0 Å². The average molecular weight is 353 g/mol. The highest BCUT2D eigenvalue weighted by molar-refractivity contribution is 5.98. The molecule has 2 aromatic rings. The van der Waals surface area contributed by atoms with Gasteiger partial charge in [-0.25, -0.2) is 4.68 Å². The van der Waals surface area contributed by atoms with Gasteiger partial charge in [0.25, 0.3) is 5.91 Å². The molecule has 0 radical (unpaired) electrons. The van der Waals surface area contributed by atoms with Crippen molar-refractivity contribution in [1.82, 2.24) is 14.8 Å². The molecule has 1 fully saturated rings. The van der Waals surface area contributed by atoms with Crippen molar-refractivity contribution in [2.75, 3.05) is 5.73 Å². The van der Waals surface area contributed by atoms with Crippen molar-refractivity contribution in [3.8, 4) is 0 Å². The summed E-state index contributed by atoms with van der Waals surface area (Å²) in [5, 5.41) is 4.44. The number of nitrogens with two attached hydrogens (primary N) is 2. The van der Waals surface area contributed by atoms with E-state index in [2.05, 4.69) is 10.1 Å². The van der Waals surface area contributed by atoms with Crippen LogP contribution in [0.5, 0.6) is 0 Å². The Morgan fingerprint density at radius 2 is 2.08 bits per heavy atom. The van der Waals surface area contributed by atoms with E-state index in [0.29, 0.717) is 17.8 Å². The number of nitrogens with zero attached hydrogens (tertiary/aromatic N) is 3. The van der Waals surface area contributed by atoms with Gasteiger partial charge in [-0.3, -0.25) is 9.78 Å². The fourth-order valence-electron chi connectivity index (χ4n) is 2.88. The third kappa shape index (κ3) is 3.18. The van der Waals surface area contributed by atoms with E-state index in [4.69, 9.17) is 11.5 Å². The summed E-state index contributed by atoms with van der Waals surface area (Å²) in [4.78, 5) is 15.7. The topological polar surface area (TPSA) is 99.8 Å². The van der Waals surface area contributed by atoms with Crippen LogP contribution in [0.15, 0.2) is 18.3 Å². The Labute approximate surface area is 142 Å². The van der Waals surface area contributed by atoms with E-state index >= 15 is 0 Å². The first-order valence-electron chi connectivity index (χ1n) is 7.94. The molecule has 0 spiro atoms. The largest absolute Gasteiger partial charge is 0.417 e. The minimum atomic E-state index is -4.45. The van der Waals surface area contributed by atoms with Crippen LogP contribution in [-0.4, -0.2) is 20.7 Å². The van der Waals surface area contributed by atoms with Gasteiger partial charge in [-0.1, -0.05) is 6.92 Å². The molecule has 4 N–H and O–H groups in total. The van der Waals surface area contributed by atoms with Crippen LogP contribution in [0.3, 0.4) is 0 Å². The molecule has 1 unspecified atom stereocenters. The number of aromatic nitrogens is 3. The van der Waals surface area contributed by atoms with Crippen molar-refractivity contribution in [3.63, 3.8) is 0 Å². The monoisotopic (exact) mass is 353 g/mol. The van der Waals surface area contributed by atoms with E-state index in [1.54, 1.807) is 0 Å². The molecule has 9 heteroatoms. The van der Waals surface area contributed by atoms with Crippen LogP contribution in [0.4, 0.5) is 19.0 Å². The van der Waals surface area contributed by atoms with Crippen molar-refractivity contribution in [2.24, 2.45) is 5.73 Å². The second kappa shape index (κ2) is 6.05. The fourth-order valence-corrected chi connectivity index (χ4v) is 2.88. The van der Waals surface area contributed by atoms with Gasteiger partial charge < -0.3 is 11.5 Å². The summed E-state index contributed by atoms with van der Waals surface area (Å²) < 4.78 is 39.6. The predicted octanol–water partition coefficient (Wildman–Crippen LogP) is 2.85. The lowest BCUT2D eigenvalue weighted by Gasteiger charge is -2.17. The van der Waals surface area contributed by atoms with E-state index in [0.717, 1.165) is 25.1 Å². The summed E-state index contributed by atoms with van der Waals surface area (Å²) >= 11 is 0. The first kappa shape index (κ1) is 17.2. The third-order valence-electron chi connectivity index (χ3n) is 4.32. The van der Waals surface area contributed by atoms with Gasteiger partial charge in [-0.2, -0.15) is 18.3 Å². The second-order valence-electron chi connectivity index (χ2n) is 6.12. The molecule has 2 aromatic heterocycles. The average Bonchev–Trinajstić information content (AvgIpc) is 3.32. The zero-order valence-corrected chi connectivity index (χ0v) is 13.5. The maximum absolute atomic E-state index is 12.7. The number of rotatable bonds is 5. The number of anilines is 1. The van der Waals surface area contributed by atoms with Crippen LogP contribution < -0.4 is 11.5 Å². The Hall–Kier alpha value is -2.58. The number of pyridine rings is 1. The van der Waals surface area contributed by atoms with Crippen LogP contribution in [0.1, 0.15) is 65.5 Å². The lowest BCUT2D eigenvalue weighted by atomic mass is 10.1. The number of hydrogen-bond acceptors (Lipinski definition) is 4. The first-order valence-corrected chi connectivity index (χ1v) is 7.94. The van der Waals surface area contributed by atoms with Crippen molar-refractivity contribution in [1.29, 1.82) is 0 Å². The molecule has 1 aliphatic carbocycles. The Morgan fingerprint density at radius 1 is 1.40 bits per heavy atom. The Kier molecular flexibility index (Phi) is 4.18. The highest BCUT2D eigenvalue weighted by Crippen LogP contribution is 2.43. The molecule has 0 bridgehead atoms. The molecule has 1 atom stereocenters. The SMILES string of the molecule is CCC(c1ccc(C(F)(F)F)cn1)n1nc(C2CC2)c(C(N)=O)c1N. The van der Waals surface area contributed by atoms with Crippen LogP contribution in [-0.2, 0) is 6.18 Å². The minimum absolute atomic E-state index is 0.128. The van der Waals surface area contributed by atoms with Gasteiger partial charge in [-0.15, -0.1) is 0 Å². The molecule has 0 aromatic carbocycles. The van der Waals surface area contributed by atoms with Gasteiger partial charge in [0.15, 0.2) is 0 Å². The normalized spacial score (nSPS) is 16.0. The molecule has 134 valence electrons. The minimum Gasteiger partial charge on any atom is -0.383 e. The van der Waals surface area contributed by atoms with Crippen molar-refractivity contribution in [3.05, 3.63) is 40.8 Å². The lowest BCUT2D eigenvalue weighted by molar-refractivity contribution is -0.137. The number of amides is 1. The van der Waals surface area contributed by atoms with Crippen molar-refractivity contribution >= 4 is 11.7 Å². The predicted molar refractivity (Wildman–Crippen MR) is 84.8 cm³/mol. The number of alkyl halides is 3. The van der Waals surface area contributed by atoms with Gasteiger partial charge in [-0.05, 0) is 31.4 Å². The zero-order valence-electron chi connectivity index (χ0n) is 13.5. The number of nitrogen functional groups attached to an aromatic ring is 1. The van der Waals surface area contributed by atoms with Gasteiger partial charge in [0.05, 0.1) is 23.0 Å². The molecule has 1 aliphatic rings. The van der Waals surface area contributed by atoms with Gasteiger partial charge in [0.2, 0.25) is 0 Å². The van der Waals surface area contributed by atoms with Crippen LogP contribution in [0, 0.1) is 0 Å². The third-order valence-corrected chi connectivity index (χ3v) is 4.32. The maximum Gasteiger partial charge on any atom is 0.417 e. The number of carbonyl (C=O) groups is 1. The molecule has 6 nitrogen and oxygen atoms in total. The summed E-state index contributed by atoms with van der Waals surface area (Å²) in [6.45, 7) is 1.84. The van der Waals surface area contributed by atoms with Crippen molar-refractivity contribution in [2.45, 2.75) is 44.3 Å². The highest BCUT2D eigenvalue weighted by Gasteiger charge is 2.35. The summed E-state index contributed by atoms with van der Waals surface area (Å²) in [5.74, 6) is -0.368. The van der Waals surface area contributed by atoms with Crippen molar-refractivity contribution < 1.29 is 18.0 Å². The highest BCUT2D eigenvalue weighted by atomic mass is 19.4. The zero-order chi connectivity index (χ0) is 18.4. The van der Waals surface area contributed by atoms with Gasteiger partial charge >= 0.3 is 6.18 Å². The Morgan fingerprint density at radius 3 is 2.52 bits per heavy atom. The standard InChI is InChI=1S/C16H18F3N5O/c1-2-11(10-6-5-9(7-22-10)16(17,18)19)24-14(20)12(15(21)25)13(23-24)8-3-4-8/h5-8,11H,2-4,20H2,1H3,(H2,21,25). The summed E-state index contributed by atoms with van der Waals surface area (Å²) in [7, 11) is 0. The summed E-state index contributed by atoms with van der Waals surface area (Å²) in [6.07, 6.45) is -1.35. The number of primary amides is 1. The second-order valence-corrected chi connectivity index (χ2v) is 6.12. The molecule has 1 saturated carbocycles. The Balaban J connectivity index is 2.01. The Bertz CT molecular complexity index is 793. The van der Waals surface area contributed by atoms with E-state index in [9.17, 15) is 18.0 Å². The number of carbonyl (C=O) groups excluding carboxylic acids is 1. The van der Waals surface area contributed by atoms with Gasteiger partial charge in [0.1, 0.15) is 11.4 Å². The fraction of sp³-hybridized carbons (Fsp3) is 0.438. The van der Waals surface area contributed by atoms with E-state index < -0.39 is 23.7 Å². The van der Waals surface area contributed by atoms with E-state index in [1.807, 2.05) is 6.92 Å². The maximum atomic E-state index is 12.7. The smallest absolute Gasteiger partial charge is 0.383 e. The van der Waals surface area contributed by atoms with E-state index in [-0.39, 0.29) is 17.3 Å². The van der Waals surface area contributed by atoms with Crippen LogP contribution in [0.25, 0.3) is 0 Å². The molecule has 25 heavy (non-hydrogen) atoms. The quantitative estimate of drug-likeness (QED) is 0.863. The summed E-state index contributed by atoms with van der Waals surface area (Å²) in [6, 6.07) is 1.80. The molecular weight excluding hydrogens is 335 g/mol. The van der Waals surface area contributed by atoms with Crippen LogP contribution >= 0.6 is 0 Å². The summed E-state index contributed by atoms with van der Waals surface area (Å²) in [5.41, 5.74) is 11.8. The molecule has 3 rings (SSSR count).